The van der Waals surface area contributed by atoms with E-state index in [9.17, 15) is 0 Å². The first-order valence-corrected chi connectivity index (χ1v) is 9.12. The van der Waals surface area contributed by atoms with Crippen LogP contribution in [0.4, 0.5) is 0 Å². The lowest BCUT2D eigenvalue weighted by molar-refractivity contribution is 0.297. The van der Waals surface area contributed by atoms with Crippen LogP contribution in [0.3, 0.4) is 0 Å². The SMILES string of the molecule is C=CCn1cc(-c2cn(C(C)c3ccc4c(c3)OCCCO4)nn2)c(C)n1. The number of allylic oxidation sites excluding steroid dienone is 1. The van der Waals surface area contributed by atoms with Crippen LogP contribution in [-0.4, -0.2) is 38.0 Å². The van der Waals surface area contributed by atoms with Gasteiger partial charge in [0.25, 0.3) is 0 Å². The molecule has 0 fully saturated rings. The van der Waals surface area contributed by atoms with E-state index in [1.807, 2.05) is 53.0 Å². The molecule has 2 aromatic heterocycles. The van der Waals surface area contributed by atoms with Gasteiger partial charge in [-0.2, -0.15) is 5.10 Å². The number of hydrogen-bond donors (Lipinski definition) is 0. The zero-order chi connectivity index (χ0) is 18.8. The van der Waals surface area contributed by atoms with Gasteiger partial charge in [-0.3, -0.25) is 4.68 Å². The van der Waals surface area contributed by atoms with Crippen LogP contribution in [0.25, 0.3) is 11.3 Å². The van der Waals surface area contributed by atoms with Gasteiger partial charge in [0.1, 0.15) is 5.69 Å². The molecule has 140 valence electrons. The van der Waals surface area contributed by atoms with Gasteiger partial charge in [0, 0.05) is 18.2 Å². The fourth-order valence-corrected chi connectivity index (χ4v) is 3.18. The van der Waals surface area contributed by atoms with Crippen molar-refractivity contribution in [3.63, 3.8) is 0 Å². The third-order valence-corrected chi connectivity index (χ3v) is 4.70. The maximum atomic E-state index is 5.80. The van der Waals surface area contributed by atoms with Crippen molar-refractivity contribution in [2.24, 2.45) is 0 Å². The first kappa shape index (κ1) is 17.3. The number of ether oxygens (including phenoxy) is 2. The highest BCUT2D eigenvalue weighted by atomic mass is 16.5. The van der Waals surface area contributed by atoms with Crippen LogP contribution >= 0.6 is 0 Å². The van der Waals surface area contributed by atoms with Crippen molar-refractivity contribution < 1.29 is 9.47 Å². The molecule has 0 saturated heterocycles. The molecule has 4 rings (SSSR count). The number of rotatable bonds is 5. The highest BCUT2D eigenvalue weighted by Crippen LogP contribution is 2.33. The Bertz CT molecular complexity index is 959. The minimum absolute atomic E-state index is 0.0203. The van der Waals surface area contributed by atoms with Gasteiger partial charge in [0.05, 0.1) is 37.7 Å². The summed E-state index contributed by atoms with van der Waals surface area (Å²) in [5, 5.41) is 13.2. The summed E-state index contributed by atoms with van der Waals surface area (Å²) in [6.45, 7) is 9.85. The predicted octanol–water partition coefficient (Wildman–Crippen LogP) is 3.41. The molecule has 27 heavy (non-hydrogen) atoms. The molecule has 1 aliphatic heterocycles. The third-order valence-electron chi connectivity index (χ3n) is 4.70. The maximum absolute atomic E-state index is 5.80. The van der Waals surface area contributed by atoms with E-state index in [4.69, 9.17) is 9.47 Å². The Balaban J connectivity index is 1.59. The molecule has 3 aromatic rings. The lowest BCUT2D eigenvalue weighted by Crippen LogP contribution is -2.08. The van der Waals surface area contributed by atoms with Crippen LogP contribution in [0.1, 0.15) is 30.6 Å². The minimum Gasteiger partial charge on any atom is -0.490 e. The molecule has 0 amide bonds. The van der Waals surface area contributed by atoms with Crippen LogP contribution in [0, 0.1) is 6.92 Å². The molecule has 1 aliphatic rings. The van der Waals surface area contributed by atoms with E-state index >= 15 is 0 Å². The van der Waals surface area contributed by atoms with Crippen molar-refractivity contribution in [2.45, 2.75) is 32.9 Å². The normalized spacial score (nSPS) is 14.6. The Kier molecular flexibility index (Phi) is 4.66. The molecule has 0 bridgehead atoms. The summed E-state index contributed by atoms with van der Waals surface area (Å²) in [4.78, 5) is 0. The topological polar surface area (TPSA) is 67.0 Å². The monoisotopic (exact) mass is 365 g/mol. The van der Waals surface area contributed by atoms with E-state index in [1.54, 1.807) is 0 Å². The number of hydrogen-bond acceptors (Lipinski definition) is 5. The number of aromatic nitrogens is 5. The lowest BCUT2D eigenvalue weighted by atomic mass is 10.1. The molecule has 1 unspecified atom stereocenters. The molecule has 0 saturated carbocycles. The molecule has 0 aliphatic carbocycles. The van der Waals surface area contributed by atoms with Crippen molar-refractivity contribution in [3.05, 3.63) is 54.5 Å². The summed E-state index contributed by atoms with van der Waals surface area (Å²) in [6, 6.07) is 6.06. The number of nitrogens with zero attached hydrogens (tertiary/aromatic N) is 5. The smallest absolute Gasteiger partial charge is 0.161 e. The van der Waals surface area contributed by atoms with Crippen molar-refractivity contribution in [1.29, 1.82) is 0 Å². The Labute approximate surface area is 158 Å². The van der Waals surface area contributed by atoms with E-state index in [-0.39, 0.29) is 6.04 Å². The van der Waals surface area contributed by atoms with Gasteiger partial charge in [0.2, 0.25) is 0 Å². The third kappa shape index (κ3) is 3.45. The Morgan fingerprint density at radius 2 is 2.04 bits per heavy atom. The zero-order valence-corrected chi connectivity index (χ0v) is 15.6. The maximum Gasteiger partial charge on any atom is 0.161 e. The number of benzene rings is 1. The van der Waals surface area contributed by atoms with Gasteiger partial charge in [-0.05, 0) is 31.5 Å². The summed E-state index contributed by atoms with van der Waals surface area (Å²) >= 11 is 0. The Morgan fingerprint density at radius 3 is 2.85 bits per heavy atom. The highest BCUT2D eigenvalue weighted by molar-refractivity contribution is 5.59. The standard InChI is InChI=1S/C20H23N5O2/c1-4-8-24-12-17(14(2)22-24)18-13-25(23-21-18)15(3)16-6-7-19-20(11-16)27-10-5-9-26-19/h4,6-7,11-13,15H,1,5,8-10H2,2-3H3. The molecule has 1 aromatic carbocycles. The van der Waals surface area contributed by atoms with E-state index in [0.717, 1.165) is 40.4 Å². The molecule has 7 nitrogen and oxygen atoms in total. The van der Waals surface area contributed by atoms with Crippen LogP contribution < -0.4 is 9.47 Å². The van der Waals surface area contributed by atoms with Crippen molar-refractivity contribution in [2.75, 3.05) is 13.2 Å². The largest absolute Gasteiger partial charge is 0.490 e. The van der Waals surface area contributed by atoms with Gasteiger partial charge in [-0.1, -0.05) is 17.4 Å². The predicted molar refractivity (Wildman–Crippen MR) is 102 cm³/mol. The summed E-state index contributed by atoms with van der Waals surface area (Å²) in [6.07, 6.45) is 6.64. The van der Waals surface area contributed by atoms with Crippen LogP contribution in [-0.2, 0) is 6.54 Å². The van der Waals surface area contributed by atoms with E-state index in [0.29, 0.717) is 19.8 Å². The first-order valence-electron chi connectivity index (χ1n) is 9.12. The molecular formula is C20H23N5O2. The molecule has 0 spiro atoms. The minimum atomic E-state index is 0.0203. The molecule has 0 radical (unpaired) electrons. The van der Waals surface area contributed by atoms with Crippen molar-refractivity contribution >= 4 is 0 Å². The van der Waals surface area contributed by atoms with Crippen molar-refractivity contribution in [3.8, 4) is 22.8 Å². The Morgan fingerprint density at radius 1 is 1.22 bits per heavy atom. The highest BCUT2D eigenvalue weighted by Gasteiger charge is 2.17. The molecular weight excluding hydrogens is 342 g/mol. The van der Waals surface area contributed by atoms with Crippen LogP contribution in [0.5, 0.6) is 11.5 Å². The number of aryl methyl sites for hydroxylation is 1. The van der Waals surface area contributed by atoms with Gasteiger partial charge < -0.3 is 9.47 Å². The second-order valence-electron chi connectivity index (χ2n) is 6.66. The summed E-state index contributed by atoms with van der Waals surface area (Å²) in [5.41, 5.74) is 3.81. The fraction of sp³-hybridized carbons (Fsp3) is 0.350. The molecule has 7 heteroatoms. The van der Waals surface area contributed by atoms with Crippen LogP contribution in [0.15, 0.2) is 43.2 Å². The average molecular weight is 365 g/mol. The lowest BCUT2D eigenvalue weighted by Gasteiger charge is -2.14. The van der Waals surface area contributed by atoms with Gasteiger partial charge in [-0.25, -0.2) is 4.68 Å². The number of fused-ring (bicyclic) bond motifs is 1. The second kappa shape index (κ2) is 7.26. The zero-order valence-electron chi connectivity index (χ0n) is 15.6. The summed E-state index contributed by atoms with van der Waals surface area (Å²) in [5.74, 6) is 1.59. The Hall–Kier alpha value is -3.09. The van der Waals surface area contributed by atoms with E-state index < -0.39 is 0 Å². The van der Waals surface area contributed by atoms with Gasteiger partial charge in [0.15, 0.2) is 11.5 Å². The van der Waals surface area contributed by atoms with Gasteiger partial charge >= 0.3 is 0 Å². The fourth-order valence-electron chi connectivity index (χ4n) is 3.18. The first-order chi connectivity index (χ1) is 13.2. The average Bonchev–Trinajstić information content (AvgIpc) is 3.21. The molecule has 3 heterocycles. The van der Waals surface area contributed by atoms with Crippen molar-refractivity contribution in [1.82, 2.24) is 24.8 Å². The van der Waals surface area contributed by atoms with Crippen LogP contribution in [0.2, 0.25) is 0 Å². The van der Waals surface area contributed by atoms with E-state index in [2.05, 4.69) is 28.9 Å². The van der Waals surface area contributed by atoms with E-state index in [1.165, 1.54) is 0 Å². The second-order valence-corrected chi connectivity index (χ2v) is 6.66. The van der Waals surface area contributed by atoms with Gasteiger partial charge in [-0.15, -0.1) is 11.7 Å². The molecule has 0 N–H and O–H groups in total. The molecule has 1 atom stereocenters. The summed E-state index contributed by atoms with van der Waals surface area (Å²) < 4.78 is 15.2. The quantitative estimate of drug-likeness (QED) is 0.648. The summed E-state index contributed by atoms with van der Waals surface area (Å²) in [7, 11) is 0.